The molecule has 0 bridgehead atoms. The fourth-order valence-electron chi connectivity index (χ4n) is 1.96. The van der Waals surface area contributed by atoms with Crippen molar-refractivity contribution in [2.75, 3.05) is 7.05 Å². The highest BCUT2D eigenvalue weighted by molar-refractivity contribution is 5.15. The Morgan fingerprint density at radius 2 is 2.24 bits per heavy atom. The van der Waals surface area contributed by atoms with Crippen molar-refractivity contribution in [2.45, 2.75) is 19.5 Å². The first-order chi connectivity index (χ1) is 8.16. The van der Waals surface area contributed by atoms with Gasteiger partial charge in [-0.1, -0.05) is 6.07 Å². The largest absolute Gasteiger partial charge is 0.357 e. The van der Waals surface area contributed by atoms with E-state index in [0.717, 1.165) is 6.54 Å². The van der Waals surface area contributed by atoms with Crippen molar-refractivity contribution in [3.63, 3.8) is 0 Å². The van der Waals surface area contributed by atoms with Gasteiger partial charge in [0.25, 0.3) is 0 Å². The van der Waals surface area contributed by atoms with Gasteiger partial charge in [0.15, 0.2) is 0 Å². The number of pyridine rings is 1. The fraction of sp³-hybridized carbons (Fsp3) is 0.357. The smallest absolute Gasteiger partial charge is 0.0335 e. The third-order valence-corrected chi connectivity index (χ3v) is 3.15. The topological polar surface area (TPSA) is 21.1 Å². The van der Waals surface area contributed by atoms with Crippen LogP contribution >= 0.6 is 0 Å². The van der Waals surface area contributed by atoms with Crippen LogP contribution in [-0.4, -0.2) is 21.5 Å². The van der Waals surface area contributed by atoms with Crippen LogP contribution in [0.25, 0.3) is 0 Å². The molecule has 0 fully saturated rings. The molecule has 1 atom stereocenters. The highest BCUT2D eigenvalue weighted by Crippen LogP contribution is 2.19. The molecular weight excluding hydrogens is 210 g/mol. The number of aromatic nitrogens is 2. The number of rotatable bonds is 4. The third-order valence-electron chi connectivity index (χ3n) is 3.15. The van der Waals surface area contributed by atoms with Crippen LogP contribution in [0.4, 0.5) is 0 Å². The molecule has 0 aliphatic rings. The molecule has 17 heavy (non-hydrogen) atoms. The van der Waals surface area contributed by atoms with Gasteiger partial charge in [0.05, 0.1) is 0 Å². The zero-order chi connectivity index (χ0) is 12.3. The second kappa shape index (κ2) is 5.15. The van der Waals surface area contributed by atoms with Gasteiger partial charge in [-0.2, -0.15) is 0 Å². The monoisotopic (exact) mass is 229 g/mol. The Morgan fingerprint density at radius 1 is 1.41 bits per heavy atom. The minimum atomic E-state index is 0.379. The lowest BCUT2D eigenvalue weighted by Crippen LogP contribution is -2.21. The second-order valence-corrected chi connectivity index (χ2v) is 4.56. The summed E-state index contributed by atoms with van der Waals surface area (Å²) in [7, 11) is 4.19. The lowest BCUT2D eigenvalue weighted by atomic mass is 10.1. The molecule has 2 rings (SSSR count). The first-order valence-corrected chi connectivity index (χ1v) is 5.88. The molecule has 0 aliphatic heterocycles. The van der Waals surface area contributed by atoms with Gasteiger partial charge in [0.2, 0.25) is 0 Å². The van der Waals surface area contributed by atoms with Gasteiger partial charge in [-0.05, 0) is 37.2 Å². The quantitative estimate of drug-likeness (QED) is 0.803. The predicted octanol–water partition coefficient (Wildman–Crippen LogP) is 2.61. The van der Waals surface area contributed by atoms with Crippen molar-refractivity contribution in [1.82, 2.24) is 14.5 Å². The normalized spacial score (nSPS) is 12.9. The lowest BCUT2D eigenvalue weighted by molar-refractivity contribution is 0.252. The van der Waals surface area contributed by atoms with Crippen LogP contribution in [0.5, 0.6) is 0 Å². The SMILES string of the molecule is CC(c1cccnc1)N(C)Cc1ccn(C)c1. The van der Waals surface area contributed by atoms with Crippen LogP contribution < -0.4 is 0 Å². The summed E-state index contributed by atoms with van der Waals surface area (Å²) in [6.07, 6.45) is 7.99. The first kappa shape index (κ1) is 11.9. The predicted molar refractivity (Wildman–Crippen MR) is 69.5 cm³/mol. The molecule has 0 saturated heterocycles. The molecule has 0 spiro atoms. The van der Waals surface area contributed by atoms with Gasteiger partial charge in [-0.3, -0.25) is 9.88 Å². The van der Waals surface area contributed by atoms with Crippen LogP contribution in [0.15, 0.2) is 43.0 Å². The van der Waals surface area contributed by atoms with Crippen LogP contribution in [0.3, 0.4) is 0 Å². The van der Waals surface area contributed by atoms with E-state index >= 15 is 0 Å². The summed E-state index contributed by atoms with van der Waals surface area (Å²) in [6.45, 7) is 3.16. The molecule has 2 heterocycles. The molecule has 3 heteroatoms. The average molecular weight is 229 g/mol. The number of hydrogen-bond acceptors (Lipinski definition) is 2. The molecule has 0 amide bonds. The van der Waals surface area contributed by atoms with Gasteiger partial charge in [0.1, 0.15) is 0 Å². The lowest BCUT2D eigenvalue weighted by Gasteiger charge is -2.24. The summed E-state index contributed by atoms with van der Waals surface area (Å²) in [4.78, 5) is 6.49. The van der Waals surface area contributed by atoms with Gasteiger partial charge in [0, 0.05) is 44.4 Å². The van der Waals surface area contributed by atoms with Crippen molar-refractivity contribution < 1.29 is 0 Å². The van der Waals surface area contributed by atoms with E-state index in [1.807, 2.05) is 25.5 Å². The van der Waals surface area contributed by atoms with Crippen LogP contribution in [0.1, 0.15) is 24.1 Å². The van der Waals surface area contributed by atoms with Gasteiger partial charge < -0.3 is 4.57 Å². The number of hydrogen-bond donors (Lipinski definition) is 0. The molecule has 3 nitrogen and oxygen atoms in total. The molecule has 0 N–H and O–H groups in total. The van der Waals surface area contributed by atoms with Crippen LogP contribution in [-0.2, 0) is 13.6 Å². The van der Waals surface area contributed by atoms with Crippen molar-refractivity contribution in [1.29, 1.82) is 0 Å². The van der Waals surface area contributed by atoms with E-state index in [4.69, 9.17) is 0 Å². The highest BCUT2D eigenvalue weighted by atomic mass is 15.1. The minimum absolute atomic E-state index is 0.379. The van der Waals surface area contributed by atoms with Gasteiger partial charge in [-0.15, -0.1) is 0 Å². The number of nitrogens with zero attached hydrogens (tertiary/aromatic N) is 3. The van der Waals surface area contributed by atoms with Crippen molar-refractivity contribution in [2.24, 2.45) is 7.05 Å². The van der Waals surface area contributed by atoms with Gasteiger partial charge in [-0.25, -0.2) is 0 Å². The minimum Gasteiger partial charge on any atom is -0.357 e. The molecule has 1 unspecified atom stereocenters. The Balaban J connectivity index is 2.03. The maximum Gasteiger partial charge on any atom is 0.0335 e. The molecular formula is C14H19N3. The maximum absolute atomic E-state index is 4.17. The van der Waals surface area contributed by atoms with Crippen molar-refractivity contribution in [3.05, 3.63) is 54.1 Å². The zero-order valence-corrected chi connectivity index (χ0v) is 10.7. The van der Waals surface area contributed by atoms with E-state index in [2.05, 4.69) is 52.9 Å². The maximum atomic E-state index is 4.17. The molecule has 0 radical (unpaired) electrons. The first-order valence-electron chi connectivity index (χ1n) is 5.88. The molecule has 0 aliphatic carbocycles. The Bertz CT molecular complexity index is 461. The van der Waals surface area contributed by atoms with E-state index in [1.165, 1.54) is 11.1 Å². The summed E-state index contributed by atoms with van der Waals surface area (Å²) >= 11 is 0. The number of aryl methyl sites for hydroxylation is 1. The Labute approximate surface area is 103 Å². The molecule has 0 saturated carbocycles. The zero-order valence-electron chi connectivity index (χ0n) is 10.7. The average Bonchev–Trinajstić information content (AvgIpc) is 2.75. The van der Waals surface area contributed by atoms with Gasteiger partial charge >= 0.3 is 0 Å². The third kappa shape index (κ3) is 2.94. The molecule has 2 aromatic rings. The molecule has 0 aromatic carbocycles. The summed E-state index contributed by atoms with van der Waals surface area (Å²) in [5.41, 5.74) is 2.59. The summed E-state index contributed by atoms with van der Waals surface area (Å²) < 4.78 is 2.08. The van der Waals surface area contributed by atoms with E-state index in [-0.39, 0.29) is 0 Å². The van der Waals surface area contributed by atoms with E-state index in [1.54, 1.807) is 0 Å². The van der Waals surface area contributed by atoms with E-state index in [9.17, 15) is 0 Å². The Hall–Kier alpha value is -1.61. The van der Waals surface area contributed by atoms with Crippen LogP contribution in [0, 0.1) is 0 Å². The Morgan fingerprint density at radius 3 is 2.82 bits per heavy atom. The summed E-state index contributed by atoms with van der Waals surface area (Å²) in [5, 5.41) is 0. The van der Waals surface area contributed by atoms with E-state index in [0.29, 0.717) is 6.04 Å². The van der Waals surface area contributed by atoms with Crippen molar-refractivity contribution >= 4 is 0 Å². The van der Waals surface area contributed by atoms with Crippen LogP contribution in [0.2, 0.25) is 0 Å². The van der Waals surface area contributed by atoms with E-state index < -0.39 is 0 Å². The standard InChI is InChI=1S/C14H19N3/c1-12(14-5-4-7-15-9-14)17(3)11-13-6-8-16(2)10-13/h4-10,12H,11H2,1-3H3. The highest BCUT2D eigenvalue weighted by Gasteiger charge is 2.12. The summed E-state index contributed by atoms with van der Waals surface area (Å²) in [6, 6.07) is 6.65. The molecule has 90 valence electrons. The second-order valence-electron chi connectivity index (χ2n) is 4.56. The summed E-state index contributed by atoms with van der Waals surface area (Å²) in [5.74, 6) is 0. The fourth-order valence-corrected chi connectivity index (χ4v) is 1.96. The molecule has 2 aromatic heterocycles. The van der Waals surface area contributed by atoms with Crippen molar-refractivity contribution in [3.8, 4) is 0 Å². The Kier molecular flexibility index (Phi) is 3.59.